The van der Waals surface area contributed by atoms with Gasteiger partial charge in [0, 0.05) is 25.0 Å². The second-order valence-electron chi connectivity index (χ2n) is 6.26. The molecule has 0 saturated carbocycles. The van der Waals surface area contributed by atoms with E-state index in [1.54, 1.807) is 10.6 Å². The van der Waals surface area contributed by atoms with E-state index >= 15 is 0 Å². The van der Waals surface area contributed by atoms with E-state index in [4.69, 9.17) is 16.3 Å². The highest BCUT2D eigenvalue weighted by Gasteiger charge is 2.19. The number of nitrogens with zero attached hydrogens (tertiary/aromatic N) is 2. The number of nitrogens with one attached hydrogen (secondary N) is 1. The molecule has 0 saturated heterocycles. The van der Waals surface area contributed by atoms with Crippen LogP contribution in [0.1, 0.15) is 12.0 Å². The summed E-state index contributed by atoms with van der Waals surface area (Å²) in [6, 6.07) is 5.42. The minimum atomic E-state index is -0.624. The Morgan fingerprint density at radius 3 is 2.89 bits per heavy atom. The van der Waals surface area contributed by atoms with Gasteiger partial charge in [-0.1, -0.05) is 23.7 Å². The van der Waals surface area contributed by atoms with Gasteiger partial charge in [-0.25, -0.2) is 8.78 Å². The Morgan fingerprint density at radius 2 is 2.19 bits per heavy atom. The zero-order chi connectivity index (χ0) is 19.6. The molecule has 1 atom stereocenters. The van der Waals surface area contributed by atoms with Crippen LogP contribution in [0.3, 0.4) is 0 Å². The van der Waals surface area contributed by atoms with E-state index in [2.05, 4.69) is 10.3 Å². The minimum absolute atomic E-state index is 0.0344. The molecule has 1 N–H and O–H groups in total. The summed E-state index contributed by atoms with van der Waals surface area (Å²) in [5, 5.41) is 3.52. The predicted molar refractivity (Wildman–Crippen MR) is 101 cm³/mol. The number of anilines is 2. The van der Waals surface area contributed by atoms with Crippen molar-refractivity contribution < 1.29 is 13.5 Å². The largest absolute Gasteiger partial charge is 0.490 e. The lowest BCUT2D eigenvalue weighted by Crippen LogP contribution is -2.21. The number of rotatable bonds is 5. The van der Waals surface area contributed by atoms with Gasteiger partial charge < -0.3 is 14.6 Å². The first-order valence-electron chi connectivity index (χ1n) is 8.28. The van der Waals surface area contributed by atoms with Gasteiger partial charge in [0.25, 0.3) is 0 Å². The second-order valence-corrected chi connectivity index (χ2v) is 6.64. The number of aromatic nitrogens is 2. The molecule has 0 fully saturated rings. The van der Waals surface area contributed by atoms with Crippen LogP contribution in [0.15, 0.2) is 53.0 Å². The van der Waals surface area contributed by atoms with Crippen molar-refractivity contribution in [3.63, 3.8) is 0 Å². The average Bonchev–Trinajstić information content (AvgIpc) is 2.60. The number of aryl methyl sites for hydroxylation is 1. The Labute approximate surface area is 159 Å². The first-order chi connectivity index (χ1) is 12.9. The molecule has 0 bridgehead atoms. The standard InChI is InChI=1S/C19H18ClF2N3O2/c1-11-4-3-5-15(17(11)20)23-19-24-18(26)16(27-2)10-25(19)9-12-6-13(21)8-14(22)7-12/h3-6,8,10,12H,7,9H2,1-2H3,(H,23,24,26). The molecular weight excluding hydrogens is 376 g/mol. The van der Waals surface area contributed by atoms with Crippen molar-refractivity contribution in [3.8, 4) is 5.75 Å². The van der Waals surface area contributed by atoms with Crippen LogP contribution in [-0.2, 0) is 6.54 Å². The minimum Gasteiger partial charge on any atom is -0.490 e. The molecule has 1 aliphatic carbocycles. The number of hydrogen-bond acceptors (Lipinski definition) is 4. The Bertz CT molecular complexity index is 985. The van der Waals surface area contributed by atoms with Gasteiger partial charge in [-0.15, -0.1) is 0 Å². The fraction of sp³-hybridized carbons (Fsp3) is 0.263. The molecule has 27 heavy (non-hydrogen) atoms. The molecule has 8 heteroatoms. The molecule has 1 aliphatic rings. The number of hydrogen-bond donors (Lipinski definition) is 1. The summed E-state index contributed by atoms with van der Waals surface area (Å²) in [6.45, 7) is 2.05. The molecule has 3 rings (SSSR count). The van der Waals surface area contributed by atoms with Crippen molar-refractivity contribution in [2.24, 2.45) is 5.92 Å². The van der Waals surface area contributed by atoms with Crippen LogP contribution in [0.4, 0.5) is 20.4 Å². The lowest BCUT2D eigenvalue weighted by molar-refractivity contribution is 0.394. The van der Waals surface area contributed by atoms with Crippen molar-refractivity contribution >= 4 is 23.2 Å². The summed E-state index contributed by atoms with van der Waals surface area (Å²) in [5.41, 5.74) is 0.865. The van der Waals surface area contributed by atoms with Crippen LogP contribution in [0.25, 0.3) is 0 Å². The van der Waals surface area contributed by atoms with Crippen molar-refractivity contribution in [3.05, 3.63) is 69.1 Å². The van der Waals surface area contributed by atoms with Crippen LogP contribution in [0.5, 0.6) is 5.75 Å². The van der Waals surface area contributed by atoms with E-state index in [1.165, 1.54) is 19.4 Å². The molecule has 1 aromatic heterocycles. The summed E-state index contributed by atoms with van der Waals surface area (Å²) >= 11 is 6.31. The number of methoxy groups -OCH3 is 1. The molecular formula is C19H18ClF2N3O2. The maximum absolute atomic E-state index is 13.6. The van der Waals surface area contributed by atoms with Gasteiger partial charge in [0.2, 0.25) is 11.7 Å². The lowest BCUT2D eigenvalue weighted by atomic mass is 9.99. The van der Waals surface area contributed by atoms with E-state index < -0.39 is 23.1 Å². The molecule has 142 valence electrons. The monoisotopic (exact) mass is 393 g/mol. The van der Waals surface area contributed by atoms with E-state index in [-0.39, 0.29) is 24.7 Å². The summed E-state index contributed by atoms with van der Waals surface area (Å²) in [5.74, 6) is -1.35. The molecule has 0 amide bonds. The number of halogens is 3. The van der Waals surface area contributed by atoms with Crippen molar-refractivity contribution in [2.45, 2.75) is 19.9 Å². The van der Waals surface area contributed by atoms with Gasteiger partial charge >= 0.3 is 5.56 Å². The summed E-state index contributed by atoms with van der Waals surface area (Å²) in [7, 11) is 1.36. The zero-order valence-electron chi connectivity index (χ0n) is 14.8. The highest BCUT2D eigenvalue weighted by molar-refractivity contribution is 6.34. The number of benzene rings is 1. The third-order valence-corrected chi connectivity index (χ3v) is 4.70. The highest BCUT2D eigenvalue weighted by Crippen LogP contribution is 2.30. The van der Waals surface area contributed by atoms with Gasteiger partial charge in [-0.2, -0.15) is 4.98 Å². The Balaban J connectivity index is 1.98. The first-order valence-corrected chi connectivity index (χ1v) is 8.66. The van der Waals surface area contributed by atoms with Gasteiger partial charge in [0.15, 0.2) is 0 Å². The number of ether oxygens (including phenoxy) is 1. The molecule has 5 nitrogen and oxygen atoms in total. The number of allylic oxidation sites excluding steroid dienone is 4. The zero-order valence-corrected chi connectivity index (χ0v) is 15.6. The Kier molecular flexibility index (Phi) is 5.60. The Hall–Kier alpha value is -2.67. The fourth-order valence-electron chi connectivity index (χ4n) is 2.88. The van der Waals surface area contributed by atoms with Gasteiger partial charge in [-0.3, -0.25) is 4.79 Å². The summed E-state index contributed by atoms with van der Waals surface area (Å²) in [4.78, 5) is 16.1. The first kappa shape index (κ1) is 19.1. The average molecular weight is 394 g/mol. The third-order valence-electron chi connectivity index (χ3n) is 4.20. The van der Waals surface area contributed by atoms with Gasteiger partial charge in [0.1, 0.15) is 11.7 Å². The van der Waals surface area contributed by atoms with Gasteiger partial charge in [-0.05, 0) is 24.6 Å². The van der Waals surface area contributed by atoms with Crippen LogP contribution in [0, 0.1) is 12.8 Å². The van der Waals surface area contributed by atoms with Crippen molar-refractivity contribution in [1.29, 1.82) is 0 Å². The molecule has 0 spiro atoms. The van der Waals surface area contributed by atoms with Crippen LogP contribution in [0.2, 0.25) is 5.02 Å². The van der Waals surface area contributed by atoms with Gasteiger partial charge in [0.05, 0.1) is 24.0 Å². The molecule has 1 heterocycles. The second kappa shape index (κ2) is 7.92. The maximum atomic E-state index is 13.6. The lowest BCUT2D eigenvalue weighted by Gasteiger charge is -2.21. The van der Waals surface area contributed by atoms with Crippen molar-refractivity contribution in [1.82, 2.24) is 9.55 Å². The molecule has 2 aromatic rings. The van der Waals surface area contributed by atoms with Crippen molar-refractivity contribution in [2.75, 3.05) is 12.4 Å². The Morgan fingerprint density at radius 1 is 1.41 bits per heavy atom. The van der Waals surface area contributed by atoms with E-state index in [0.717, 1.165) is 11.6 Å². The van der Waals surface area contributed by atoms with E-state index in [1.807, 2.05) is 19.1 Å². The van der Waals surface area contributed by atoms with E-state index in [9.17, 15) is 13.6 Å². The van der Waals surface area contributed by atoms with Crippen LogP contribution >= 0.6 is 11.6 Å². The summed E-state index contributed by atoms with van der Waals surface area (Å²) < 4.78 is 33.8. The van der Waals surface area contributed by atoms with E-state index in [0.29, 0.717) is 10.7 Å². The van der Waals surface area contributed by atoms with Crippen LogP contribution in [-0.4, -0.2) is 16.7 Å². The molecule has 1 unspecified atom stereocenters. The molecule has 0 aliphatic heterocycles. The normalized spacial score (nSPS) is 16.6. The topological polar surface area (TPSA) is 56.1 Å². The van der Waals surface area contributed by atoms with Crippen LogP contribution < -0.4 is 15.6 Å². The molecule has 0 radical (unpaired) electrons. The predicted octanol–water partition coefficient (Wildman–Crippen LogP) is 4.68. The third kappa shape index (κ3) is 4.36. The quantitative estimate of drug-likeness (QED) is 0.801. The fourth-order valence-corrected chi connectivity index (χ4v) is 3.05. The molecule has 1 aromatic carbocycles. The highest BCUT2D eigenvalue weighted by atomic mass is 35.5. The summed E-state index contributed by atoms with van der Waals surface area (Å²) in [6.07, 6.45) is 3.74. The smallest absolute Gasteiger partial charge is 0.316 e. The SMILES string of the molecule is COc1cn(CC2C=C(F)C=C(F)C2)c(Nc2cccc(C)c2Cl)nc1=O. The maximum Gasteiger partial charge on any atom is 0.316 e.